The lowest BCUT2D eigenvalue weighted by Crippen LogP contribution is -2.53. The molecule has 0 amide bonds. The summed E-state index contributed by atoms with van der Waals surface area (Å²) in [5.74, 6) is 7.40. The topological polar surface area (TPSA) is 74.7 Å². The molecule has 1 aromatic rings. The number of carbonyl (C=O) groups excluding carboxylic acids is 1. The lowest BCUT2D eigenvalue weighted by Gasteiger charge is -2.54. The second-order valence-corrected chi connectivity index (χ2v) is 14.6. The molecule has 0 aromatic heterocycles. The number of benzene rings is 1. The van der Waals surface area contributed by atoms with Crippen LogP contribution in [0.5, 0.6) is 0 Å². The van der Waals surface area contributed by atoms with Crippen molar-refractivity contribution < 1.29 is 18.3 Å². The van der Waals surface area contributed by atoms with Gasteiger partial charge in [0.2, 0.25) is 10.0 Å². The van der Waals surface area contributed by atoms with Crippen molar-refractivity contribution >= 4 is 15.8 Å². The molecule has 0 heterocycles. The Morgan fingerprint density at radius 3 is 2.38 bits per heavy atom. The van der Waals surface area contributed by atoms with Crippen molar-refractivity contribution in [2.75, 3.05) is 14.1 Å². The van der Waals surface area contributed by atoms with Crippen LogP contribution in [0.2, 0.25) is 0 Å². The van der Waals surface area contributed by atoms with Crippen molar-refractivity contribution in [1.82, 2.24) is 4.31 Å². The molecule has 1 spiro atoms. The summed E-state index contributed by atoms with van der Waals surface area (Å²) in [4.78, 5) is 12.6. The van der Waals surface area contributed by atoms with Gasteiger partial charge in [0.05, 0.1) is 4.90 Å². The minimum atomic E-state index is -3.52. The molecule has 6 rings (SSSR count). The molecular formula is C31H37NO4S. The van der Waals surface area contributed by atoms with Gasteiger partial charge < -0.3 is 5.11 Å². The van der Waals surface area contributed by atoms with E-state index in [1.165, 1.54) is 21.0 Å². The van der Waals surface area contributed by atoms with Crippen molar-refractivity contribution in [2.45, 2.75) is 81.6 Å². The molecule has 6 heteroatoms. The van der Waals surface area contributed by atoms with Crippen LogP contribution < -0.4 is 0 Å². The molecule has 5 nitrogen and oxygen atoms in total. The molecule has 3 saturated carbocycles. The van der Waals surface area contributed by atoms with Gasteiger partial charge in [0, 0.05) is 37.3 Å². The van der Waals surface area contributed by atoms with Crippen LogP contribution in [0, 0.1) is 34.5 Å². The van der Waals surface area contributed by atoms with Crippen molar-refractivity contribution in [3.05, 3.63) is 52.6 Å². The number of carbonyl (C=O) groups is 1. The minimum absolute atomic E-state index is 0.0633. The zero-order chi connectivity index (χ0) is 26.4. The van der Waals surface area contributed by atoms with Gasteiger partial charge in [-0.25, -0.2) is 12.7 Å². The van der Waals surface area contributed by atoms with Gasteiger partial charge in [0.15, 0.2) is 5.78 Å². The zero-order valence-corrected chi connectivity index (χ0v) is 23.1. The molecule has 37 heavy (non-hydrogen) atoms. The lowest BCUT2D eigenvalue weighted by atomic mass is 9.51. The molecule has 1 N–H and O–H groups in total. The quantitative estimate of drug-likeness (QED) is 0.572. The molecule has 1 aromatic carbocycles. The molecule has 0 unspecified atom stereocenters. The van der Waals surface area contributed by atoms with Crippen LogP contribution in [0.15, 0.2) is 52.0 Å². The smallest absolute Gasteiger partial charge is 0.242 e. The Labute approximate surface area is 221 Å². The van der Waals surface area contributed by atoms with Crippen molar-refractivity contribution in [3.8, 4) is 11.8 Å². The first kappa shape index (κ1) is 25.1. The molecule has 0 aliphatic heterocycles. The van der Waals surface area contributed by atoms with Crippen LogP contribution >= 0.6 is 0 Å². The highest BCUT2D eigenvalue weighted by molar-refractivity contribution is 7.89. The van der Waals surface area contributed by atoms with Crippen molar-refractivity contribution in [2.24, 2.45) is 22.7 Å². The predicted octanol–water partition coefficient (Wildman–Crippen LogP) is 4.98. The van der Waals surface area contributed by atoms with Crippen LogP contribution in [0.3, 0.4) is 0 Å². The Morgan fingerprint density at radius 2 is 1.76 bits per heavy atom. The maximum atomic E-state index is 12.7. The normalized spacial score (nSPS) is 35.9. The zero-order valence-electron chi connectivity index (χ0n) is 22.3. The predicted molar refractivity (Wildman–Crippen MR) is 143 cm³/mol. The highest BCUT2D eigenvalue weighted by atomic mass is 32.2. The minimum Gasteiger partial charge on any atom is -0.376 e. The van der Waals surface area contributed by atoms with Crippen molar-refractivity contribution in [3.63, 3.8) is 0 Å². The van der Waals surface area contributed by atoms with Gasteiger partial charge in [-0.15, -0.1) is 5.92 Å². The van der Waals surface area contributed by atoms with E-state index in [0.29, 0.717) is 18.3 Å². The number of hydrogen-bond acceptors (Lipinski definition) is 4. The van der Waals surface area contributed by atoms with E-state index in [2.05, 4.69) is 18.8 Å². The molecule has 5 aliphatic carbocycles. The highest BCUT2D eigenvalue weighted by Crippen LogP contribution is 2.77. The fourth-order valence-corrected chi connectivity index (χ4v) is 9.43. The molecule has 0 bridgehead atoms. The third-order valence-corrected chi connectivity index (χ3v) is 12.4. The van der Waals surface area contributed by atoms with E-state index < -0.39 is 15.6 Å². The van der Waals surface area contributed by atoms with Gasteiger partial charge in [0.1, 0.15) is 5.60 Å². The highest BCUT2D eigenvalue weighted by Gasteiger charge is 2.75. The van der Waals surface area contributed by atoms with Crippen molar-refractivity contribution in [1.29, 1.82) is 0 Å². The van der Waals surface area contributed by atoms with Crippen LogP contribution in [0.25, 0.3) is 0 Å². The summed E-state index contributed by atoms with van der Waals surface area (Å²) in [6.45, 7) is 4.10. The Morgan fingerprint density at radius 1 is 1.05 bits per heavy atom. The number of sulfonamides is 1. The fourth-order valence-electron chi connectivity index (χ4n) is 8.53. The summed E-state index contributed by atoms with van der Waals surface area (Å²) >= 11 is 0. The summed E-state index contributed by atoms with van der Waals surface area (Å²) < 4.78 is 26.7. The van der Waals surface area contributed by atoms with E-state index in [-0.39, 0.29) is 27.4 Å². The Balaban J connectivity index is 1.52. The third-order valence-electron chi connectivity index (χ3n) is 10.5. The van der Waals surface area contributed by atoms with E-state index in [1.54, 1.807) is 26.2 Å². The first-order valence-electron chi connectivity index (χ1n) is 13.6. The first-order chi connectivity index (χ1) is 17.5. The molecule has 0 saturated heterocycles. The van der Waals surface area contributed by atoms with E-state index >= 15 is 0 Å². The summed E-state index contributed by atoms with van der Waals surface area (Å²) in [6, 6.07) is 7.37. The van der Waals surface area contributed by atoms with Crippen LogP contribution in [0.4, 0.5) is 0 Å². The molecule has 3 fully saturated rings. The third kappa shape index (κ3) is 3.36. The molecule has 0 radical (unpaired) electrons. The van der Waals surface area contributed by atoms with E-state index in [1.807, 2.05) is 25.1 Å². The second kappa shape index (κ2) is 8.15. The van der Waals surface area contributed by atoms with E-state index in [4.69, 9.17) is 0 Å². The largest absolute Gasteiger partial charge is 0.376 e. The number of fused-ring (bicyclic) bond motifs is 4. The van der Waals surface area contributed by atoms with Gasteiger partial charge in [-0.3, -0.25) is 4.79 Å². The Kier molecular flexibility index (Phi) is 5.53. The van der Waals surface area contributed by atoms with Gasteiger partial charge in [-0.2, -0.15) is 0 Å². The second-order valence-electron chi connectivity index (χ2n) is 12.4. The van der Waals surface area contributed by atoms with E-state index in [9.17, 15) is 18.3 Å². The SMILES string of the molecule is CC#C[C@]1(O)C2(CC2)C[C@H]2[C@@H]3CCC4=CC(=O)CCC4=C3[C@@H](c3ccc(S(=O)(=O)N(C)C)cc3)C[C@@]21C. The Bertz CT molecular complexity index is 1400. The van der Waals surface area contributed by atoms with Crippen LogP contribution in [-0.4, -0.2) is 43.3 Å². The number of rotatable bonds is 3. The summed E-state index contributed by atoms with van der Waals surface area (Å²) in [7, 11) is -0.420. The average molecular weight is 520 g/mol. The number of nitrogens with zero attached hydrogens (tertiary/aromatic N) is 1. The van der Waals surface area contributed by atoms with E-state index in [0.717, 1.165) is 50.5 Å². The van der Waals surface area contributed by atoms with Gasteiger partial charge in [-0.05, 0) is 98.6 Å². The number of allylic oxidation sites excluding steroid dienone is 4. The van der Waals surface area contributed by atoms with Gasteiger partial charge in [-0.1, -0.05) is 30.6 Å². The lowest BCUT2D eigenvalue weighted by molar-refractivity contribution is -0.114. The maximum Gasteiger partial charge on any atom is 0.242 e. The van der Waals surface area contributed by atoms with Gasteiger partial charge >= 0.3 is 0 Å². The standard InChI is InChI=1S/C31H37NO4S/c1-5-14-31(34)29(2)18-26(20-6-10-23(11-7-20)37(35,36)32(3)4)28-24-13-9-22(33)17-21(24)8-12-25(28)27(29)19-30(31)15-16-30/h6-7,10-11,17,25-27,34H,8-9,12-13,15-16,18-19H2,1-4H3/t25-,26+,27-,29-,31+/m0/s1. The number of hydrogen-bond donors (Lipinski definition) is 1. The molecular weight excluding hydrogens is 482 g/mol. The number of aliphatic hydroxyl groups is 1. The van der Waals surface area contributed by atoms with Crippen LogP contribution in [-0.2, 0) is 14.8 Å². The average Bonchev–Trinajstić information content (AvgIpc) is 3.63. The summed E-state index contributed by atoms with van der Waals surface area (Å²) in [6.07, 6.45) is 8.98. The van der Waals surface area contributed by atoms with Gasteiger partial charge in [0.25, 0.3) is 0 Å². The summed E-state index contributed by atoms with van der Waals surface area (Å²) in [5.41, 5.74) is 3.61. The monoisotopic (exact) mass is 519 g/mol. The number of ketones is 1. The molecule has 5 atom stereocenters. The fraction of sp³-hybridized carbons (Fsp3) is 0.581. The Hall–Kier alpha value is -2.20. The first-order valence-corrected chi connectivity index (χ1v) is 15.1. The van der Waals surface area contributed by atoms with Crippen LogP contribution in [0.1, 0.15) is 76.7 Å². The summed E-state index contributed by atoms with van der Waals surface area (Å²) in [5, 5.41) is 12.3. The molecule has 5 aliphatic rings. The maximum absolute atomic E-state index is 12.7. The molecule has 196 valence electrons.